The predicted octanol–water partition coefficient (Wildman–Crippen LogP) is 2.57. The third-order valence-corrected chi connectivity index (χ3v) is 2.81. The first kappa shape index (κ1) is 11.2. The van der Waals surface area contributed by atoms with Gasteiger partial charge in [-0.2, -0.15) is 16.6 Å². The Bertz CT molecular complexity index is 274. The molecular formula is C11H16N2S. The van der Waals surface area contributed by atoms with Crippen molar-refractivity contribution >= 4 is 11.3 Å². The van der Waals surface area contributed by atoms with E-state index in [-0.39, 0.29) is 0 Å². The summed E-state index contributed by atoms with van der Waals surface area (Å²) in [7, 11) is 0. The van der Waals surface area contributed by atoms with E-state index in [4.69, 9.17) is 5.26 Å². The van der Waals surface area contributed by atoms with Crippen LogP contribution in [0.2, 0.25) is 0 Å². The lowest BCUT2D eigenvalue weighted by Crippen LogP contribution is -2.28. The van der Waals surface area contributed by atoms with Gasteiger partial charge >= 0.3 is 0 Å². The Balaban J connectivity index is 2.11. The molecule has 76 valence electrons. The van der Waals surface area contributed by atoms with E-state index in [2.05, 4.69) is 35.1 Å². The second-order valence-electron chi connectivity index (χ2n) is 3.45. The number of nitrogens with zero attached hydrogens (tertiary/aromatic N) is 1. The summed E-state index contributed by atoms with van der Waals surface area (Å²) in [5, 5.41) is 16.1. The largest absolute Gasteiger partial charge is 0.314 e. The van der Waals surface area contributed by atoms with Gasteiger partial charge in [-0.3, -0.25) is 0 Å². The van der Waals surface area contributed by atoms with E-state index >= 15 is 0 Å². The number of nitrogens with one attached hydrogen (secondary N) is 1. The Hall–Kier alpha value is -0.850. The molecule has 14 heavy (non-hydrogen) atoms. The van der Waals surface area contributed by atoms with E-state index in [0.29, 0.717) is 12.5 Å². The SMILES string of the molecule is CC(Cc1ccsc1)NCCCC#N. The van der Waals surface area contributed by atoms with Crippen LogP contribution in [0, 0.1) is 11.3 Å². The predicted molar refractivity (Wildman–Crippen MR) is 60.3 cm³/mol. The Labute approximate surface area is 89.6 Å². The molecule has 0 aliphatic carbocycles. The standard InChI is InChI=1S/C11H16N2S/c1-10(13-6-3-2-5-12)8-11-4-7-14-9-11/h4,7,9-10,13H,2-3,6,8H2,1H3. The van der Waals surface area contributed by atoms with Crippen molar-refractivity contribution in [2.75, 3.05) is 6.54 Å². The first-order valence-corrected chi connectivity index (χ1v) is 5.88. The lowest BCUT2D eigenvalue weighted by molar-refractivity contribution is 0.537. The second kappa shape index (κ2) is 6.58. The van der Waals surface area contributed by atoms with Crippen molar-refractivity contribution in [1.82, 2.24) is 5.32 Å². The number of rotatable bonds is 6. The van der Waals surface area contributed by atoms with Crippen LogP contribution >= 0.6 is 11.3 Å². The minimum Gasteiger partial charge on any atom is -0.314 e. The molecule has 1 aromatic heterocycles. The van der Waals surface area contributed by atoms with Gasteiger partial charge in [0.1, 0.15) is 0 Å². The van der Waals surface area contributed by atoms with E-state index < -0.39 is 0 Å². The molecule has 1 heterocycles. The molecule has 1 unspecified atom stereocenters. The molecule has 1 rings (SSSR count). The van der Waals surface area contributed by atoms with E-state index in [9.17, 15) is 0 Å². The van der Waals surface area contributed by atoms with Crippen molar-refractivity contribution in [2.45, 2.75) is 32.2 Å². The molecule has 1 atom stereocenters. The first-order chi connectivity index (χ1) is 6.83. The molecule has 0 radical (unpaired) electrons. The molecule has 0 amide bonds. The van der Waals surface area contributed by atoms with Crippen molar-refractivity contribution < 1.29 is 0 Å². The number of unbranched alkanes of at least 4 members (excludes halogenated alkanes) is 1. The third-order valence-electron chi connectivity index (χ3n) is 2.08. The van der Waals surface area contributed by atoms with Gasteiger partial charge in [-0.1, -0.05) is 0 Å². The van der Waals surface area contributed by atoms with Crippen LogP contribution < -0.4 is 5.32 Å². The maximum atomic E-state index is 8.36. The summed E-state index contributed by atoms with van der Waals surface area (Å²) in [6.07, 6.45) is 2.68. The Kier molecular flexibility index (Phi) is 5.28. The fourth-order valence-electron chi connectivity index (χ4n) is 1.35. The van der Waals surface area contributed by atoms with Crippen molar-refractivity contribution in [1.29, 1.82) is 5.26 Å². The molecule has 0 spiro atoms. The van der Waals surface area contributed by atoms with E-state index in [1.165, 1.54) is 5.56 Å². The van der Waals surface area contributed by atoms with Gasteiger partial charge in [-0.15, -0.1) is 0 Å². The summed E-state index contributed by atoms with van der Waals surface area (Å²) in [6.45, 7) is 3.13. The highest BCUT2D eigenvalue weighted by molar-refractivity contribution is 7.07. The van der Waals surface area contributed by atoms with Gasteiger partial charge in [-0.25, -0.2) is 0 Å². The average molecular weight is 208 g/mol. The molecular weight excluding hydrogens is 192 g/mol. The molecule has 0 bridgehead atoms. The van der Waals surface area contributed by atoms with Gasteiger partial charge in [-0.05, 0) is 48.7 Å². The van der Waals surface area contributed by atoms with Gasteiger partial charge in [0.05, 0.1) is 6.07 Å². The summed E-state index contributed by atoms with van der Waals surface area (Å²) >= 11 is 1.74. The number of hydrogen-bond donors (Lipinski definition) is 1. The van der Waals surface area contributed by atoms with Gasteiger partial charge in [0.25, 0.3) is 0 Å². The van der Waals surface area contributed by atoms with Crippen LogP contribution in [0.25, 0.3) is 0 Å². The highest BCUT2D eigenvalue weighted by Crippen LogP contribution is 2.08. The lowest BCUT2D eigenvalue weighted by atomic mass is 10.1. The lowest BCUT2D eigenvalue weighted by Gasteiger charge is -2.11. The minimum absolute atomic E-state index is 0.503. The van der Waals surface area contributed by atoms with Gasteiger partial charge in [0, 0.05) is 12.5 Å². The van der Waals surface area contributed by atoms with Crippen LogP contribution in [0.5, 0.6) is 0 Å². The maximum Gasteiger partial charge on any atom is 0.0622 e. The highest BCUT2D eigenvalue weighted by Gasteiger charge is 2.02. The second-order valence-corrected chi connectivity index (χ2v) is 4.23. The Morgan fingerprint density at radius 3 is 3.14 bits per heavy atom. The molecule has 0 fully saturated rings. The summed E-state index contributed by atoms with van der Waals surface area (Å²) < 4.78 is 0. The van der Waals surface area contributed by atoms with E-state index in [1.54, 1.807) is 11.3 Å². The molecule has 1 aromatic rings. The third kappa shape index (κ3) is 4.40. The van der Waals surface area contributed by atoms with Crippen LogP contribution in [0.1, 0.15) is 25.3 Å². The fourth-order valence-corrected chi connectivity index (χ4v) is 2.03. The Morgan fingerprint density at radius 2 is 2.50 bits per heavy atom. The molecule has 2 nitrogen and oxygen atoms in total. The Morgan fingerprint density at radius 1 is 1.64 bits per heavy atom. The van der Waals surface area contributed by atoms with E-state index in [0.717, 1.165) is 19.4 Å². The molecule has 0 aliphatic heterocycles. The normalized spacial score (nSPS) is 12.3. The zero-order chi connectivity index (χ0) is 10.2. The van der Waals surface area contributed by atoms with Crippen molar-refractivity contribution in [3.05, 3.63) is 22.4 Å². The first-order valence-electron chi connectivity index (χ1n) is 4.94. The van der Waals surface area contributed by atoms with E-state index in [1.807, 2.05) is 0 Å². The van der Waals surface area contributed by atoms with Crippen LogP contribution in [-0.4, -0.2) is 12.6 Å². The fraction of sp³-hybridized carbons (Fsp3) is 0.545. The molecule has 1 N–H and O–H groups in total. The van der Waals surface area contributed by atoms with Crippen molar-refractivity contribution in [3.8, 4) is 6.07 Å². The van der Waals surface area contributed by atoms with Crippen molar-refractivity contribution in [3.63, 3.8) is 0 Å². The van der Waals surface area contributed by atoms with Crippen LogP contribution in [0.4, 0.5) is 0 Å². The topological polar surface area (TPSA) is 35.8 Å². The smallest absolute Gasteiger partial charge is 0.0622 e. The van der Waals surface area contributed by atoms with Crippen molar-refractivity contribution in [2.24, 2.45) is 0 Å². The summed E-state index contributed by atoms with van der Waals surface area (Å²) in [4.78, 5) is 0. The molecule has 0 aromatic carbocycles. The number of nitriles is 1. The number of thiophene rings is 1. The van der Waals surface area contributed by atoms with Gasteiger partial charge in [0.2, 0.25) is 0 Å². The quantitative estimate of drug-likeness (QED) is 0.729. The zero-order valence-electron chi connectivity index (χ0n) is 8.49. The molecule has 0 aliphatic rings. The summed E-state index contributed by atoms with van der Waals surface area (Å²) in [5.41, 5.74) is 1.40. The summed E-state index contributed by atoms with van der Waals surface area (Å²) in [6, 6.07) is 4.82. The van der Waals surface area contributed by atoms with Crippen LogP contribution in [-0.2, 0) is 6.42 Å². The summed E-state index contributed by atoms with van der Waals surface area (Å²) in [5.74, 6) is 0. The van der Waals surface area contributed by atoms with Gasteiger partial charge < -0.3 is 5.32 Å². The highest BCUT2D eigenvalue weighted by atomic mass is 32.1. The minimum atomic E-state index is 0.503. The van der Waals surface area contributed by atoms with Crippen LogP contribution in [0.15, 0.2) is 16.8 Å². The van der Waals surface area contributed by atoms with Crippen LogP contribution in [0.3, 0.4) is 0 Å². The maximum absolute atomic E-state index is 8.36. The monoisotopic (exact) mass is 208 g/mol. The zero-order valence-corrected chi connectivity index (χ0v) is 9.31. The van der Waals surface area contributed by atoms with Gasteiger partial charge in [0.15, 0.2) is 0 Å². The number of hydrogen-bond acceptors (Lipinski definition) is 3. The average Bonchev–Trinajstić information content (AvgIpc) is 2.65. The molecule has 0 saturated carbocycles. The molecule has 0 saturated heterocycles. The molecule has 3 heteroatoms.